The average Bonchev–Trinajstić information content (AvgIpc) is 3.04. The Balaban J connectivity index is 2.13. The van der Waals surface area contributed by atoms with Gasteiger partial charge in [0.1, 0.15) is 0 Å². The van der Waals surface area contributed by atoms with Crippen molar-refractivity contribution in [1.82, 2.24) is 0 Å². The van der Waals surface area contributed by atoms with Crippen molar-refractivity contribution >= 4 is 11.7 Å². The summed E-state index contributed by atoms with van der Waals surface area (Å²) in [6.45, 7) is 4.14. The molecular weight excluding hydrogens is 302 g/mol. The number of carbonyl (C=O) groups excluding carboxylic acids is 1. The van der Waals surface area contributed by atoms with Crippen LogP contribution in [0.1, 0.15) is 31.4 Å². The van der Waals surface area contributed by atoms with E-state index in [-0.39, 0.29) is 5.92 Å². The van der Waals surface area contributed by atoms with E-state index in [9.17, 15) is 4.79 Å². The molecule has 0 spiro atoms. The summed E-state index contributed by atoms with van der Waals surface area (Å²) < 4.78 is 5.17. The molecule has 1 heterocycles. The van der Waals surface area contributed by atoms with E-state index in [0.717, 1.165) is 11.1 Å². The lowest BCUT2D eigenvalue weighted by atomic mass is 9.73. The number of ether oxygens (including phenoxy) is 1. The summed E-state index contributed by atoms with van der Waals surface area (Å²) >= 11 is 0. The predicted molar refractivity (Wildman–Crippen MR) is 92.6 cm³/mol. The van der Waals surface area contributed by atoms with Crippen molar-refractivity contribution in [3.8, 4) is 0 Å². The smallest absolute Gasteiger partial charge is 0.356 e. The summed E-state index contributed by atoms with van der Waals surface area (Å²) in [6, 6.07) is 19.9. The molecule has 0 aromatic heterocycles. The first kappa shape index (κ1) is 16.2. The number of benzene rings is 2. The van der Waals surface area contributed by atoms with Crippen molar-refractivity contribution in [3.05, 3.63) is 71.8 Å². The lowest BCUT2D eigenvalue weighted by molar-refractivity contribution is -0.135. The monoisotopic (exact) mass is 323 g/mol. The number of rotatable bonds is 5. The number of oxime groups is 1. The largest absolute Gasteiger partial charge is 0.461 e. The van der Waals surface area contributed by atoms with Gasteiger partial charge in [0, 0.05) is 11.1 Å². The molecule has 0 radical (unpaired) electrons. The van der Waals surface area contributed by atoms with Crippen LogP contribution in [0.4, 0.5) is 0 Å². The predicted octanol–water partition coefficient (Wildman–Crippen LogP) is 3.91. The molecule has 2 aromatic carbocycles. The van der Waals surface area contributed by atoms with E-state index in [1.807, 2.05) is 67.6 Å². The Hall–Kier alpha value is -2.62. The van der Waals surface area contributed by atoms with Gasteiger partial charge in [-0.3, -0.25) is 0 Å². The third-order valence-corrected chi connectivity index (χ3v) is 4.41. The van der Waals surface area contributed by atoms with Crippen molar-refractivity contribution in [1.29, 1.82) is 0 Å². The molecule has 0 saturated carbocycles. The van der Waals surface area contributed by atoms with E-state index in [1.54, 1.807) is 6.92 Å². The normalized spacial score (nSPS) is 18.6. The third-order valence-electron chi connectivity index (χ3n) is 4.41. The summed E-state index contributed by atoms with van der Waals surface area (Å²) in [5.74, 6) is -0.612. The molecule has 1 aliphatic rings. The molecule has 24 heavy (non-hydrogen) atoms. The number of nitrogens with zero attached hydrogens (tertiary/aromatic N) is 1. The van der Waals surface area contributed by atoms with Gasteiger partial charge in [0.25, 0.3) is 0 Å². The molecule has 0 amide bonds. The molecule has 1 atom stereocenters. The van der Waals surface area contributed by atoms with Gasteiger partial charge < -0.3 is 9.57 Å². The Morgan fingerprint density at radius 1 is 1.04 bits per heavy atom. The Bertz CT molecular complexity index is 686. The van der Waals surface area contributed by atoms with Crippen LogP contribution in [0.15, 0.2) is 65.8 Å². The van der Waals surface area contributed by atoms with Crippen LogP contribution in [-0.2, 0) is 20.0 Å². The molecule has 0 saturated heterocycles. The lowest BCUT2D eigenvalue weighted by Gasteiger charge is -2.33. The Morgan fingerprint density at radius 2 is 1.58 bits per heavy atom. The van der Waals surface area contributed by atoms with Crippen LogP contribution >= 0.6 is 0 Å². The molecular formula is C20H21NO3. The van der Waals surface area contributed by atoms with Crippen molar-refractivity contribution in [3.63, 3.8) is 0 Å². The number of hydrogen-bond acceptors (Lipinski definition) is 4. The van der Waals surface area contributed by atoms with Crippen molar-refractivity contribution in [2.24, 2.45) is 11.1 Å². The van der Waals surface area contributed by atoms with Crippen LogP contribution in [0.2, 0.25) is 0 Å². The summed E-state index contributed by atoms with van der Waals surface area (Å²) in [7, 11) is 0. The maximum atomic E-state index is 12.3. The van der Waals surface area contributed by atoms with E-state index < -0.39 is 11.6 Å². The first-order valence-electron chi connectivity index (χ1n) is 8.28. The second kappa shape index (κ2) is 6.87. The molecule has 0 aliphatic carbocycles. The fraction of sp³-hybridized carbons (Fsp3) is 0.300. The van der Waals surface area contributed by atoms with Crippen LogP contribution in [0.5, 0.6) is 0 Å². The van der Waals surface area contributed by atoms with Gasteiger partial charge in [-0.1, -0.05) is 72.7 Å². The lowest BCUT2D eigenvalue weighted by Crippen LogP contribution is -2.39. The minimum Gasteiger partial charge on any atom is -0.461 e. The summed E-state index contributed by atoms with van der Waals surface area (Å²) in [4.78, 5) is 18.3. The number of hydrogen-bond donors (Lipinski definition) is 0. The first-order valence-corrected chi connectivity index (χ1v) is 8.28. The van der Waals surface area contributed by atoms with Crippen LogP contribution < -0.4 is 0 Å². The number of esters is 1. The topological polar surface area (TPSA) is 47.9 Å². The quantitative estimate of drug-likeness (QED) is 0.784. The van der Waals surface area contributed by atoms with E-state index >= 15 is 0 Å². The molecule has 0 bridgehead atoms. The van der Waals surface area contributed by atoms with Gasteiger partial charge >= 0.3 is 5.97 Å². The Morgan fingerprint density at radius 3 is 2.04 bits per heavy atom. The molecule has 4 nitrogen and oxygen atoms in total. The molecule has 4 heteroatoms. The van der Waals surface area contributed by atoms with E-state index in [0.29, 0.717) is 18.7 Å². The van der Waals surface area contributed by atoms with Gasteiger partial charge in [0.15, 0.2) is 11.3 Å². The van der Waals surface area contributed by atoms with E-state index in [4.69, 9.17) is 9.57 Å². The SMILES string of the molecule is CCOC(=O)C1=NOC(c2ccccc2)(c2ccccc2)C1CC. The summed E-state index contributed by atoms with van der Waals surface area (Å²) in [6.07, 6.45) is 0.710. The summed E-state index contributed by atoms with van der Waals surface area (Å²) in [5, 5.41) is 4.15. The van der Waals surface area contributed by atoms with Crippen LogP contribution in [-0.4, -0.2) is 18.3 Å². The van der Waals surface area contributed by atoms with Gasteiger partial charge in [0.05, 0.1) is 12.5 Å². The molecule has 1 unspecified atom stereocenters. The van der Waals surface area contributed by atoms with Gasteiger partial charge in [0.2, 0.25) is 0 Å². The minimum absolute atomic E-state index is 0.207. The number of carbonyl (C=O) groups is 1. The third kappa shape index (κ3) is 2.58. The average molecular weight is 323 g/mol. The highest BCUT2D eigenvalue weighted by atomic mass is 16.7. The van der Waals surface area contributed by atoms with Crippen LogP contribution in [0, 0.1) is 5.92 Å². The van der Waals surface area contributed by atoms with Crippen LogP contribution in [0.25, 0.3) is 0 Å². The highest BCUT2D eigenvalue weighted by Crippen LogP contribution is 2.46. The second-order valence-electron chi connectivity index (χ2n) is 5.72. The van der Waals surface area contributed by atoms with Crippen LogP contribution in [0.3, 0.4) is 0 Å². The zero-order chi connectivity index (χ0) is 17.0. The van der Waals surface area contributed by atoms with Gasteiger partial charge in [-0.05, 0) is 13.3 Å². The molecule has 124 valence electrons. The zero-order valence-corrected chi connectivity index (χ0v) is 13.9. The summed E-state index contributed by atoms with van der Waals surface area (Å²) in [5.41, 5.74) is 1.50. The Kier molecular flexibility index (Phi) is 4.65. The maximum Gasteiger partial charge on any atom is 0.356 e. The van der Waals surface area contributed by atoms with Crippen molar-refractivity contribution < 1.29 is 14.4 Å². The Labute approximate surface area is 142 Å². The van der Waals surface area contributed by atoms with Gasteiger partial charge in [-0.15, -0.1) is 0 Å². The molecule has 0 N–H and O–H groups in total. The molecule has 0 fully saturated rings. The first-order chi connectivity index (χ1) is 11.7. The van der Waals surface area contributed by atoms with E-state index in [1.165, 1.54) is 0 Å². The van der Waals surface area contributed by atoms with Crippen molar-refractivity contribution in [2.45, 2.75) is 25.9 Å². The van der Waals surface area contributed by atoms with Crippen molar-refractivity contribution in [2.75, 3.05) is 6.61 Å². The fourth-order valence-corrected chi connectivity index (χ4v) is 3.35. The molecule has 3 rings (SSSR count). The molecule has 1 aliphatic heterocycles. The maximum absolute atomic E-state index is 12.3. The van der Waals surface area contributed by atoms with E-state index in [2.05, 4.69) is 5.16 Å². The highest BCUT2D eigenvalue weighted by Gasteiger charge is 2.53. The molecule has 2 aromatic rings. The fourth-order valence-electron chi connectivity index (χ4n) is 3.35. The standard InChI is InChI=1S/C20H21NO3/c1-3-17-18(19(22)23-4-2)21-24-20(17,15-11-7-5-8-12-15)16-13-9-6-10-14-16/h5-14,17H,3-4H2,1-2H3. The minimum atomic E-state index is -0.806. The van der Waals surface area contributed by atoms with Gasteiger partial charge in [-0.2, -0.15) is 0 Å². The second-order valence-corrected chi connectivity index (χ2v) is 5.72. The zero-order valence-electron chi connectivity index (χ0n) is 13.9. The van der Waals surface area contributed by atoms with Gasteiger partial charge in [-0.25, -0.2) is 4.79 Å². The highest BCUT2D eigenvalue weighted by molar-refractivity contribution is 6.37.